The SMILES string of the molecule is COCCN1CC(=O)N2CCc3c([nH]c4ccccc34)[C@@]2(C)C1=O. The molecule has 2 aliphatic rings. The number of methoxy groups -OCH3 is 1. The van der Waals surface area contributed by atoms with Crippen molar-refractivity contribution in [3.05, 3.63) is 35.5 Å². The first-order valence-electron chi connectivity index (χ1n) is 8.26. The highest BCUT2D eigenvalue weighted by atomic mass is 16.5. The summed E-state index contributed by atoms with van der Waals surface area (Å²) < 4.78 is 5.09. The number of para-hydroxylation sites is 1. The molecule has 0 aliphatic carbocycles. The number of carbonyl (C=O) groups excluding carboxylic acids is 2. The summed E-state index contributed by atoms with van der Waals surface area (Å²) in [4.78, 5) is 32.6. The largest absolute Gasteiger partial charge is 0.383 e. The van der Waals surface area contributed by atoms with E-state index in [0.29, 0.717) is 19.7 Å². The molecule has 1 atom stereocenters. The lowest BCUT2D eigenvalue weighted by Crippen LogP contribution is -2.67. The molecule has 6 nitrogen and oxygen atoms in total. The van der Waals surface area contributed by atoms with Gasteiger partial charge in [0, 0.05) is 31.1 Å². The zero-order valence-corrected chi connectivity index (χ0v) is 14.0. The van der Waals surface area contributed by atoms with E-state index in [1.165, 1.54) is 0 Å². The molecule has 1 aromatic heterocycles. The maximum atomic E-state index is 13.2. The summed E-state index contributed by atoms with van der Waals surface area (Å²) in [6.07, 6.45) is 0.770. The summed E-state index contributed by atoms with van der Waals surface area (Å²) in [5.74, 6) is -0.0378. The van der Waals surface area contributed by atoms with Crippen LogP contribution in [0.25, 0.3) is 10.9 Å². The van der Waals surface area contributed by atoms with E-state index in [1.807, 2.05) is 25.1 Å². The van der Waals surface area contributed by atoms with E-state index in [2.05, 4.69) is 11.1 Å². The molecule has 1 N–H and O–H groups in total. The van der Waals surface area contributed by atoms with Crippen LogP contribution in [0.15, 0.2) is 24.3 Å². The fourth-order valence-corrected chi connectivity index (χ4v) is 4.06. The van der Waals surface area contributed by atoms with Gasteiger partial charge in [-0.25, -0.2) is 0 Å². The Hall–Kier alpha value is -2.34. The van der Waals surface area contributed by atoms with Gasteiger partial charge in [0.25, 0.3) is 5.91 Å². The minimum atomic E-state index is -0.963. The number of benzene rings is 1. The Morgan fingerprint density at radius 1 is 1.29 bits per heavy atom. The number of H-pyrrole nitrogens is 1. The van der Waals surface area contributed by atoms with Crippen molar-refractivity contribution in [1.29, 1.82) is 0 Å². The van der Waals surface area contributed by atoms with Gasteiger partial charge in [-0.1, -0.05) is 18.2 Å². The molecule has 0 spiro atoms. The number of hydrogen-bond acceptors (Lipinski definition) is 3. The minimum absolute atomic E-state index is 0.00231. The number of nitrogens with one attached hydrogen (secondary N) is 1. The molecule has 126 valence electrons. The Morgan fingerprint density at radius 2 is 2.08 bits per heavy atom. The molecular weight excluding hydrogens is 306 g/mol. The third-order valence-electron chi connectivity index (χ3n) is 5.32. The predicted molar refractivity (Wildman–Crippen MR) is 89.5 cm³/mol. The maximum absolute atomic E-state index is 13.2. The molecule has 3 heterocycles. The second kappa shape index (κ2) is 5.34. The van der Waals surface area contributed by atoms with E-state index >= 15 is 0 Å². The number of ether oxygens (including phenoxy) is 1. The van der Waals surface area contributed by atoms with Gasteiger partial charge >= 0.3 is 0 Å². The third-order valence-corrected chi connectivity index (χ3v) is 5.32. The Morgan fingerprint density at radius 3 is 2.88 bits per heavy atom. The average molecular weight is 327 g/mol. The lowest BCUT2D eigenvalue weighted by molar-refractivity contribution is -0.166. The molecule has 4 rings (SSSR count). The first-order chi connectivity index (χ1) is 11.6. The van der Waals surface area contributed by atoms with Crippen molar-refractivity contribution in [1.82, 2.24) is 14.8 Å². The third kappa shape index (κ3) is 1.92. The van der Waals surface area contributed by atoms with Gasteiger partial charge in [-0.3, -0.25) is 9.59 Å². The lowest BCUT2D eigenvalue weighted by Gasteiger charge is -2.49. The van der Waals surface area contributed by atoms with Crippen molar-refractivity contribution in [2.24, 2.45) is 0 Å². The van der Waals surface area contributed by atoms with Crippen molar-refractivity contribution in [2.45, 2.75) is 18.9 Å². The summed E-state index contributed by atoms with van der Waals surface area (Å²) in [7, 11) is 1.60. The summed E-state index contributed by atoms with van der Waals surface area (Å²) in [6, 6.07) is 8.06. The Kier molecular flexibility index (Phi) is 3.38. The van der Waals surface area contributed by atoms with E-state index in [1.54, 1.807) is 16.9 Å². The van der Waals surface area contributed by atoms with Crippen LogP contribution in [0.2, 0.25) is 0 Å². The first-order valence-corrected chi connectivity index (χ1v) is 8.26. The van der Waals surface area contributed by atoms with Crippen molar-refractivity contribution in [2.75, 3.05) is 33.4 Å². The van der Waals surface area contributed by atoms with Gasteiger partial charge in [0.15, 0.2) is 5.54 Å². The summed E-state index contributed by atoms with van der Waals surface area (Å²) in [5, 5.41) is 1.14. The van der Waals surface area contributed by atoms with E-state index < -0.39 is 5.54 Å². The molecule has 0 saturated carbocycles. The quantitative estimate of drug-likeness (QED) is 0.923. The second-order valence-electron chi connectivity index (χ2n) is 6.61. The van der Waals surface area contributed by atoms with Crippen LogP contribution in [-0.4, -0.2) is 59.9 Å². The summed E-state index contributed by atoms with van der Waals surface area (Å²) in [5.41, 5.74) is 2.06. The zero-order chi connectivity index (χ0) is 16.9. The predicted octanol–water partition coefficient (Wildman–Crippen LogP) is 1.26. The summed E-state index contributed by atoms with van der Waals surface area (Å²) in [6.45, 7) is 3.43. The highest BCUT2D eigenvalue weighted by molar-refractivity contribution is 6.00. The molecular formula is C18H21N3O3. The van der Waals surface area contributed by atoms with Crippen molar-refractivity contribution in [3.8, 4) is 0 Å². The van der Waals surface area contributed by atoms with Crippen LogP contribution in [0.3, 0.4) is 0 Å². The van der Waals surface area contributed by atoms with Gasteiger partial charge in [0.1, 0.15) is 0 Å². The highest BCUT2D eigenvalue weighted by Crippen LogP contribution is 2.41. The average Bonchev–Trinajstić information content (AvgIpc) is 2.97. The number of fused-ring (bicyclic) bond motifs is 5. The van der Waals surface area contributed by atoms with E-state index in [4.69, 9.17) is 4.74 Å². The molecule has 1 aromatic carbocycles. The van der Waals surface area contributed by atoms with Crippen LogP contribution in [0.5, 0.6) is 0 Å². The second-order valence-corrected chi connectivity index (χ2v) is 6.61. The fraction of sp³-hybridized carbons (Fsp3) is 0.444. The van der Waals surface area contributed by atoms with Gasteiger partial charge in [0.2, 0.25) is 5.91 Å². The molecule has 2 amide bonds. The Labute approximate surface area is 140 Å². The van der Waals surface area contributed by atoms with Crippen molar-refractivity contribution in [3.63, 3.8) is 0 Å². The van der Waals surface area contributed by atoms with Crippen molar-refractivity contribution < 1.29 is 14.3 Å². The van der Waals surface area contributed by atoms with Crippen LogP contribution in [-0.2, 0) is 26.3 Å². The highest BCUT2D eigenvalue weighted by Gasteiger charge is 2.53. The normalized spacial score (nSPS) is 23.6. The summed E-state index contributed by atoms with van der Waals surface area (Å²) >= 11 is 0. The molecule has 2 aliphatic heterocycles. The van der Waals surface area contributed by atoms with E-state index in [9.17, 15) is 9.59 Å². The van der Waals surface area contributed by atoms with Crippen LogP contribution in [0, 0.1) is 0 Å². The molecule has 2 aromatic rings. The molecule has 0 unspecified atom stereocenters. The fourth-order valence-electron chi connectivity index (χ4n) is 4.06. The number of piperazine rings is 1. The molecule has 6 heteroatoms. The van der Waals surface area contributed by atoms with Gasteiger partial charge in [-0.05, 0) is 25.0 Å². The van der Waals surface area contributed by atoms with Gasteiger partial charge in [0.05, 0.1) is 18.8 Å². The Balaban J connectivity index is 1.85. The number of amides is 2. The van der Waals surface area contributed by atoms with Crippen molar-refractivity contribution >= 4 is 22.7 Å². The molecule has 1 fully saturated rings. The molecule has 1 saturated heterocycles. The number of nitrogens with zero attached hydrogens (tertiary/aromatic N) is 2. The number of rotatable bonds is 3. The minimum Gasteiger partial charge on any atom is -0.383 e. The zero-order valence-electron chi connectivity index (χ0n) is 14.0. The topological polar surface area (TPSA) is 65.6 Å². The number of carbonyl (C=O) groups is 2. The van der Waals surface area contributed by atoms with Crippen LogP contribution in [0.1, 0.15) is 18.2 Å². The maximum Gasteiger partial charge on any atom is 0.255 e. The molecule has 24 heavy (non-hydrogen) atoms. The number of aromatic nitrogens is 1. The van der Waals surface area contributed by atoms with Gasteiger partial charge in [-0.2, -0.15) is 0 Å². The number of aromatic amines is 1. The lowest BCUT2D eigenvalue weighted by atomic mass is 9.83. The first kappa shape index (κ1) is 15.2. The van der Waals surface area contributed by atoms with Gasteiger partial charge in [-0.15, -0.1) is 0 Å². The monoisotopic (exact) mass is 327 g/mol. The van der Waals surface area contributed by atoms with Gasteiger partial charge < -0.3 is 19.5 Å². The van der Waals surface area contributed by atoms with Crippen LogP contribution < -0.4 is 0 Å². The molecule has 0 radical (unpaired) electrons. The van der Waals surface area contributed by atoms with E-state index in [0.717, 1.165) is 28.6 Å². The van der Waals surface area contributed by atoms with E-state index in [-0.39, 0.29) is 18.4 Å². The number of hydrogen-bond donors (Lipinski definition) is 1. The standard InChI is InChI=1S/C18H21N3O3/c1-18-16-13(12-5-3-4-6-14(12)19-16)7-8-21(18)15(22)11-20(17(18)23)9-10-24-2/h3-6,19H,7-11H2,1-2H3/t18-/m0/s1. The smallest absolute Gasteiger partial charge is 0.255 e. The van der Waals surface area contributed by atoms with Crippen LogP contribution >= 0.6 is 0 Å². The molecule has 0 bridgehead atoms. The van der Waals surface area contributed by atoms with Crippen LogP contribution in [0.4, 0.5) is 0 Å². The Bertz CT molecular complexity index is 828.